The average Bonchev–Trinajstić information content (AvgIpc) is 2.37. The predicted octanol–water partition coefficient (Wildman–Crippen LogP) is 5.36. The number of hydrogen-bond acceptors (Lipinski definition) is 2. The Hall–Kier alpha value is -0.320. The van der Waals surface area contributed by atoms with Crippen molar-refractivity contribution < 1.29 is 14.6 Å². The highest BCUT2D eigenvalue weighted by atomic mass is 35.5. The number of ether oxygens (including phenoxy) is 1. The van der Waals surface area contributed by atoms with Crippen LogP contribution in [0.5, 0.6) is 5.75 Å². The lowest BCUT2D eigenvalue weighted by Crippen LogP contribution is -2.01. The molecule has 0 amide bonds. The molecule has 0 aromatic heterocycles. The van der Waals surface area contributed by atoms with Crippen molar-refractivity contribution in [1.82, 2.24) is 0 Å². The van der Waals surface area contributed by atoms with Gasteiger partial charge in [-0.3, -0.25) is 0 Å². The maximum absolute atomic E-state index is 10.6. The predicted molar refractivity (Wildman–Crippen MR) is 78.4 cm³/mol. The molecule has 0 spiro atoms. The van der Waals surface area contributed by atoms with Gasteiger partial charge in [-0.1, -0.05) is 58.0 Å². The number of carboxylic acids is 1. The molecule has 1 N–H and O–H groups in total. The van der Waals surface area contributed by atoms with Crippen LogP contribution in [-0.2, 0) is 4.79 Å². The summed E-state index contributed by atoms with van der Waals surface area (Å²) in [4.78, 5) is 10.6. The summed E-state index contributed by atoms with van der Waals surface area (Å²) >= 11 is 29.4. The summed E-state index contributed by atoms with van der Waals surface area (Å²) in [6.07, 6.45) is 1.35. The molecule has 0 saturated heterocycles. The van der Waals surface area contributed by atoms with Crippen molar-refractivity contribution >= 4 is 64.0 Å². The van der Waals surface area contributed by atoms with Crippen LogP contribution in [0.2, 0.25) is 25.1 Å². The molecular formula is C11H7Cl5O3. The van der Waals surface area contributed by atoms with E-state index in [2.05, 4.69) is 0 Å². The Labute approximate surface area is 134 Å². The lowest BCUT2D eigenvalue weighted by Gasteiger charge is -2.12. The number of rotatable bonds is 4. The van der Waals surface area contributed by atoms with E-state index in [0.29, 0.717) is 0 Å². The van der Waals surface area contributed by atoms with Gasteiger partial charge in [0.25, 0.3) is 0 Å². The third kappa shape index (κ3) is 3.83. The van der Waals surface area contributed by atoms with Gasteiger partial charge in [0.2, 0.25) is 0 Å². The third-order valence-electron chi connectivity index (χ3n) is 2.12. The van der Waals surface area contributed by atoms with E-state index in [1.807, 2.05) is 0 Å². The van der Waals surface area contributed by atoms with Crippen molar-refractivity contribution in [3.8, 4) is 5.75 Å². The van der Waals surface area contributed by atoms with E-state index >= 15 is 0 Å². The van der Waals surface area contributed by atoms with E-state index in [0.717, 1.165) is 0 Å². The first-order valence-electron chi connectivity index (χ1n) is 4.81. The normalized spacial score (nSPS) is 11.6. The van der Waals surface area contributed by atoms with E-state index in [-0.39, 0.29) is 43.0 Å². The van der Waals surface area contributed by atoms with Gasteiger partial charge in [0.15, 0.2) is 5.75 Å². The fourth-order valence-electron chi connectivity index (χ4n) is 1.05. The van der Waals surface area contributed by atoms with Gasteiger partial charge in [-0.25, -0.2) is 4.79 Å². The maximum Gasteiger partial charge on any atom is 0.331 e. The highest BCUT2D eigenvalue weighted by molar-refractivity contribution is 6.55. The molecule has 0 aliphatic carbocycles. The minimum absolute atomic E-state index is 0.0162. The first-order chi connectivity index (χ1) is 8.77. The Morgan fingerprint density at radius 2 is 1.47 bits per heavy atom. The Morgan fingerprint density at radius 3 is 1.89 bits per heavy atom. The van der Waals surface area contributed by atoms with Gasteiger partial charge in [0.1, 0.15) is 16.7 Å². The van der Waals surface area contributed by atoms with Crippen LogP contribution < -0.4 is 4.74 Å². The summed E-state index contributed by atoms with van der Waals surface area (Å²) in [5.74, 6) is -0.995. The van der Waals surface area contributed by atoms with Gasteiger partial charge in [0.05, 0.1) is 15.1 Å². The van der Waals surface area contributed by atoms with Crippen molar-refractivity contribution in [2.24, 2.45) is 0 Å². The van der Waals surface area contributed by atoms with Crippen LogP contribution in [0.25, 0.3) is 0 Å². The zero-order valence-corrected chi connectivity index (χ0v) is 13.2. The largest absolute Gasteiger partial charge is 0.486 e. The van der Waals surface area contributed by atoms with Crippen LogP contribution in [0.3, 0.4) is 0 Å². The van der Waals surface area contributed by atoms with Crippen molar-refractivity contribution in [2.75, 3.05) is 6.61 Å². The molecule has 1 aromatic carbocycles. The van der Waals surface area contributed by atoms with Crippen molar-refractivity contribution in [2.45, 2.75) is 6.92 Å². The third-order valence-corrected chi connectivity index (χ3v) is 4.37. The number of benzene rings is 1. The summed E-state index contributed by atoms with van der Waals surface area (Å²) in [5.41, 5.74) is 0.124. The van der Waals surface area contributed by atoms with Crippen LogP contribution in [0.4, 0.5) is 0 Å². The Bertz CT molecular complexity index is 525. The summed E-state index contributed by atoms with van der Waals surface area (Å²) < 4.78 is 5.27. The molecule has 0 bridgehead atoms. The standard InChI is InChI=1S/C11H7Cl5O3/c1-4(11(17)18)2-3-19-10-8(15)6(13)5(12)7(14)9(10)16/h2H,3H2,1H3,(H,17,18). The van der Waals surface area contributed by atoms with E-state index in [9.17, 15) is 4.79 Å². The van der Waals surface area contributed by atoms with Crippen LogP contribution in [-0.4, -0.2) is 17.7 Å². The van der Waals surface area contributed by atoms with Crippen LogP contribution >= 0.6 is 58.0 Å². The number of carboxylic acid groups (broad SMARTS) is 1. The molecule has 19 heavy (non-hydrogen) atoms. The molecule has 0 unspecified atom stereocenters. The summed E-state index contributed by atoms with van der Waals surface area (Å²) in [6, 6.07) is 0. The quantitative estimate of drug-likeness (QED) is 0.444. The highest BCUT2D eigenvalue weighted by Crippen LogP contribution is 2.48. The van der Waals surface area contributed by atoms with E-state index in [4.69, 9.17) is 67.8 Å². The van der Waals surface area contributed by atoms with Gasteiger partial charge in [-0.15, -0.1) is 0 Å². The molecule has 0 saturated carbocycles. The lowest BCUT2D eigenvalue weighted by atomic mass is 10.3. The monoisotopic (exact) mass is 362 g/mol. The van der Waals surface area contributed by atoms with Gasteiger partial charge in [0, 0.05) is 5.57 Å². The second-order valence-corrected chi connectivity index (χ2v) is 5.29. The Morgan fingerprint density at radius 1 is 1.05 bits per heavy atom. The first kappa shape index (κ1) is 16.7. The van der Waals surface area contributed by atoms with Crippen molar-refractivity contribution in [3.63, 3.8) is 0 Å². The number of aliphatic carboxylic acids is 1. The molecule has 0 heterocycles. The molecule has 3 nitrogen and oxygen atoms in total. The minimum Gasteiger partial charge on any atom is -0.486 e. The fraction of sp³-hybridized carbons (Fsp3) is 0.182. The fourth-order valence-corrected chi connectivity index (χ4v) is 2.28. The Balaban J connectivity index is 3.03. The molecule has 0 atom stereocenters. The molecule has 0 aliphatic heterocycles. The molecule has 0 radical (unpaired) electrons. The molecule has 1 aromatic rings. The van der Waals surface area contributed by atoms with Gasteiger partial charge in [-0.05, 0) is 13.0 Å². The summed E-state index contributed by atoms with van der Waals surface area (Å²) in [7, 11) is 0. The first-order valence-corrected chi connectivity index (χ1v) is 6.70. The molecule has 104 valence electrons. The summed E-state index contributed by atoms with van der Waals surface area (Å²) in [5, 5.41) is 8.78. The summed E-state index contributed by atoms with van der Waals surface area (Å²) in [6.45, 7) is 1.38. The van der Waals surface area contributed by atoms with E-state index < -0.39 is 5.97 Å². The minimum atomic E-state index is -1.05. The molecule has 1 rings (SSSR count). The van der Waals surface area contributed by atoms with Gasteiger partial charge >= 0.3 is 5.97 Å². The van der Waals surface area contributed by atoms with Crippen LogP contribution in [0.1, 0.15) is 6.92 Å². The Kier molecular flexibility index (Phi) is 6.09. The van der Waals surface area contributed by atoms with Crippen molar-refractivity contribution in [3.05, 3.63) is 36.8 Å². The van der Waals surface area contributed by atoms with Crippen LogP contribution in [0.15, 0.2) is 11.6 Å². The van der Waals surface area contributed by atoms with E-state index in [1.54, 1.807) is 0 Å². The van der Waals surface area contributed by atoms with E-state index in [1.165, 1.54) is 13.0 Å². The zero-order chi connectivity index (χ0) is 14.7. The topological polar surface area (TPSA) is 46.5 Å². The highest BCUT2D eigenvalue weighted by Gasteiger charge is 2.20. The molecule has 0 fully saturated rings. The van der Waals surface area contributed by atoms with Gasteiger partial charge in [-0.2, -0.15) is 0 Å². The lowest BCUT2D eigenvalue weighted by molar-refractivity contribution is -0.132. The van der Waals surface area contributed by atoms with Crippen molar-refractivity contribution in [1.29, 1.82) is 0 Å². The number of carbonyl (C=O) groups is 1. The smallest absolute Gasteiger partial charge is 0.331 e. The molecule has 8 heteroatoms. The second kappa shape index (κ2) is 6.91. The van der Waals surface area contributed by atoms with Crippen LogP contribution in [0, 0.1) is 0 Å². The van der Waals surface area contributed by atoms with Gasteiger partial charge < -0.3 is 9.84 Å². The second-order valence-electron chi connectivity index (χ2n) is 3.40. The maximum atomic E-state index is 10.6. The molecule has 0 aliphatic rings. The average molecular weight is 364 g/mol. The molecular weight excluding hydrogens is 357 g/mol. The SMILES string of the molecule is CC(=CCOc1c(Cl)c(Cl)c(Cl)c(Cl)c1Cl)C(=O)O. The zero-order valence-electron chi connectivity index (χ0n) is 9.44. The number of hydrogen-bond donors (Lipinski definition) is 1. The number of halogens is 5.